The number of aromatic nitrogens is 1. The van der Waals surface area contributed by atoms with E-state index < -0.39 is 0 Å². The summed E-state index contributed by atoms with van der Waals surface area (Å²) in [5, 5.41) is 0. The van der Waals surface area contributed by atoms with Gasteiger partial charge in [-0.25, -0.2) is 0 Å². The maximum Gasteiger partial charge on any atom is 0.266 e. The smallest absolute Gasteiger partial charge is 0.266 e. The summed E-state index contributed by atoms with van der Waals surface area (Å²) < 4.78 is 0.410. The molecule has 1 aliphatic rings. The van der Waals surface area contributed by atoms with Gasteiger partial charge in [-0.05, 0) is 36.3 Å². The lowest BCUT2D eigenvalue weighted by atomic mass is 10.1. The molecule has 0 radical (unpaired) electrons. The summed E-state index contributed by atoms with van der Waals surface area (Å²) in [5.41, 5.74) is 2.69. The monoisotopic (exact) mass is 394 g/mol. The molecule has 136 valence electrons. The van der Waals surface area contributed by atoms with Crippen LogP contribution in [0.1, 0.15) is 18.2 Å². The first-order chi connectivity index (χ1) is 13.0. The number of ketones is 1. The van der Waals surface area contributed by atoms with Crippen molar-refractivity contribution in [2.45, 2.75) is 13.3 Å². The predicted octanol–water partition coefficient (Wildman–Crippen LogP) is 4.04. The highest BCUT2D eigenvalue weighted by Gasteiger charge is 2.33. The first-order valence-corrected chi connectivity index (χ1v) is 9.66. The van der Waals surface area contributed by atoms with Gasteiger partial charge in [0.1, 0.15) is 4.32 Å². The van der Waals surface area contributed by atoms with Crippen LogP contribution in [0.5, 0.6) is 0 Å². The number of carbonyl (C=O) groups is 2. The molecule has 0 saturated carbocycles. The highest BCUT2D eigenvalue weighted by molar-refractivity contribution is 8.26. The molecule has 1 aromatic heterocycles. The van der Waals surface area contributed by atoms with Crippen molar-refractivity contribution < 1.29 is 9.59 Å². The molecule has 27 heavy (non-hydrogen) atoms. The van der Waals surface area contributed by atoms with Gasteiger partial charge in [0, 0.05) is 11.9 Å². The topological polar surface area (TPSA) is 50.3 Å². The summed E-state index contributed by atoms with van der Waals surface area (Å²) in [6, 6.07) is 15.3. The van der Waals surface area contributed by atoms with E-state index >= 15 is 0 Å². The molecule has 0 unspecified atom stereocenters. The molecule has 2 heterocycles. The zero-order chi connectivity index (χ0) is 19.2. The molecule has 6 heteroatoms. The summed E-state index contributed by atoms with van der Waals surface area (Å²) in [7, 11) is 0. The quantitative estimate of drug-likeness (QED) is 0.547. The van der Waals surface area contributed by atoms with Crippen molar-refractivity contribution in [1.82, 2.24) is 9.88 Å². The maximum atomic E-state index is 12.6. The Morgan fingerprint density at radius 1 is 1.19 bits per heavy atom. The summed E-state index contributed by atoms with van der Waals surface area (Å²) in [5.74, 6) is -0.317. The number of hydrogen-bond donors (Lipinski definition) is 0. The maximum absolute atomic E-state index is 12.6. The van der Waals surface area contributed by atoms with Crippen LogP contribution in [0.4, 0.5) is 0 Å². The molecule has 0 spiro atoms. The molecule has 4 nitrogen and oxygen atoms in total. The Morgan fingerprint density at radius 2 is 1.93 bits per heavy atom. The van der Waals surface area contributed by atoms with Crippen LogP contribution in [-0.4, -0.2) is 32.4 Å². The summed E-state index contributed by atoms with van der Waals surface area (Å²) in [6.07, 6.45) is 5.64. The van der Waals surface area contributed by atoms with Gasteiger partial charge in [0.05, 0.1) is 17.9 Å². The largest absolute Gasteiger partial charge is 0.297 e. The van der Waals surface area contributed by atoms with Crippen molar-refractivity contribution in [3.63, 3.8) is 0 Å². The number of benzene rings is 1. The van der Waals surface area contributed by atoms with Gasteiger partial charge in [-0.15, -0.1) is 0 Å². The van der Waals surface area contributed by atoms with E-state index in [0.717, 1.165) is 11.1 Å². The number of hydrogen-bond acceptors (Lipinski definition) is 5. The Bertz CT molecular complexity index is 922. The Labute approximate surface area is 168 Å². The zero-order valence-electron chi connectivity index (χ0n) is 14.8. The number of amides is 1. The fourth-order valence-electron chi connectivity index (χ4n) is 2.63. The van der Waals surface area contributed by atoms with Gasteiger partial charge in [0.15, 0.2) is 5.78 Å². The number of pyridine rings is 1. The van der Waals surface area contributed by atoms with E-state index in [4.69, 9.17) is 12.2 Å². The van der Waals surface area contributed by atoms with E-state index in [1.54, 1.807) is 18.3 Å². The summed E-state index contributed by atoms with van der Waals surface area (Å²) in [4.78, 5) is 31.0. The van der Waals surface area contributed by atoms with Crippen LogP contribution in [0.25, 0.3) is 6.08 Å². The molecule has 1 aromatic carbocycles. The number of rotatable bonds is 6. The summed E-state index contributed by atoms with van der Waals surface area (Å²) >= 11 is 6.53. The lowest BCUT2D eigenvalue weighted by Crippen LogP contribution is -2.34. The minimum atomic E-state index is -0.222. The molecule has 1 amide bonds. The minimum Gasteiger partial charge on any atom is -0.297 e. The molecule has 3 rings (SSSR count). The second kappa shape index (κ2) is 8.88. The lowest BCUT2D eigenvalue weighted by molar-refractivity contribution is -0.127. The van der Waals surface area contributed by atoms with E-state index in [9.17, 15) is 9.59 Å². The van der Waals surface area contributed by atoms with Crippen LogP contribution in [0, 0.1) is 0 Å². The average Bonchev–Trinajstić information content (AvgIpc) is 2.90. The number of thiocarbonyl (C=S) groups is 1. The van der Waals surface area contributed by atoms with Gasteiger partial charge in [0.25, 0.3) is 5.91 Å². The number of carbonyl (C=O) groups excluding carboxylic acids is 2. The van der Waals surface area contributed by atoms with Crippen LogP contribution >= 0.6 is 24.0 Å². The van der Waals surface area contributed by atoms with E-state index in [1.807, 2.05) is 55.5 Å². The molecule has 1 aliphatic heterocycles. The van der Waals surface area contributed by atoms with Crippen LogP contribution in [0.15, 0.2) is 71.3 Å². The molecule has 1 saturated heterocycles. The second-order valence-corrected chi connectivity index (χ2v) is 7.78. The zero-order valence-corrected chi connectivity index (χ0v) is 16.4. The molecular formula is C21H18N2O2S2. The standard InChI is InChI=1S/C21H18N2O2S2/c1-15(11-16-7-3-2-4-8-16)12-19-20(25)23(21(26)27-19)14-18(24)13-17-9-5-6-10-22-17/h2-12H,13-14H2,1H3/b15-11+,19-12-. The molecule has 2 aromatic rings. The molecule has 0 atom stereocenters. The fraction of sp³-hybridized carbons (Fsp3) is 0.143. The van der Waals surface area contributed by atoms with Gasteiger partial charge in [0.2, 0.25) is 0 Å². The number of nitrogens with zero attached hydrogens (tertiary/aromatic N) is 2. The van der Waals surface area contributed by atoms with Crippen LogP contribution in [-0.2, 0) is 16.0 Å². The molecule has 0 aliphatic carbocycles. The first-order valence-electron chi connectivity index (χ1n) is 8.43. The van der Waals surface area contributed by atoms with Crippen molar-refractivity contribution in [3.05, 3.63) is 82.5 Å². The van der Waals surface area contributed by atoms with E-state index in [1.165, 1.54) is 16.7 Å². The van der Waals surface area contributed by atoms with Crippen LogP contribution in [0.3, 0.4) is 0 Å². The lowest BCUT2D eigenvalue weighted by Gasteiger charge is -2.13. The highest BCUT2D eigenvalue weighted by Crippen LogP contribution is 2.32. The fourth-order valence-corrected chi connectivity index (χ4v) is 3.94. The normalized spacial score (nSPS) is 16.3. The average molecular weight is 395 g/mol. The highest BCUT2D eigenvalue weighted by atomic mass is 32.2. The van der Waals surface area contributed by atoms with E-state index in [2.05, 4.69) is 4.98 Å². The van der Waals surface area contributed by atoms with E-state index in [-0.39, 0.29) is 24.7 Å². The minimum absolute atomic E-state index is 0.0277. The van der Waals surface area contributed by atoms with Gasteiger partial charge < -0.3 is 0 Å². The third kappa shape index (κ3) is 5.21. The van der Waals surface area contributed by atoms with Crippen molar-refractivity contribution >= 4 is 46.1 Å². The van der Waals surface area contributed by atoms with Crippen molar-refractivity contribution in [3.8, 4) is 0 Å². The Kier molecular flexibility index (Phi) is 6.32. The van der Waals surface area contributed by atoms with Crippen molar-refractivity contribution in [2.75, 3.05) is 6.54 Å². The SMILES string of the molecule is CC(/C=C1\SC(=S)N(CC(=O)Cc2ccccn2)C1=O)=C\c1ccccc1. The molecule has 1 fully saturated rings. The molecule has 0 bridgehead atoms. The van der Waals surface area contributed by atoms with Crippen molar-refractivity contribution in [2.24, 2.45) is 0 Å². The Balaban J connectivity index is 1.67. The Hall–Kier alpha value is -2.57. The number of Topliss-reactive ketones (excluding diaryl/α,β-unsaturated/α-hetero) is 1. The third-order valence-electron chi connectivity index (χ3n) is 3.87. The summed E-state index contributed by atoms with van der Waals surface area (Å²) in [6.45, 7) is 1.91. The van der Waals surface area contributed by atoms with Gasteiger partial charge in [-0.1, -0.05) is 66.5 Å². The number of thioether (sulfide) groups is 1. The van der Waals surface area contributed by atoms with Crippen LogP contribution in [0.2, 0.25) is 0 Å². The third-order valence-corrected chi connectivity index (χ3v) is 5.24. The van der Waals surface area contributed by atoms with Gasteiger partial charge >= 0.3 is 0 Å². The van der Waals surface area contributed by atoms with Crippen molar-refractivity contribution in [1.29, 1.82) is 0 Å². The first kappa shape index (κ1) is 19.2. The predicted molar refractivity (Wildman–Crippen MR) is 113 cm³/mol. The number of allylic oxidation sites excluding steroid dienone is 2. The van der Waals surface area contributed by atoms with Gasteiger partial charge in [-0.2, -0.15) is 0 Å². The van der Waals surface area contributed by atoms with E-state index in [0.29, 0.717) is 14.9 Å². The molecule has 0 N–H and O–H groups in total. The van der Waals surface area contributed by atoms with Crippen LogP contribution < -0.4 is 0 Å². The van der Waals surface area contributed by atoms with Gasteiger partial charge in [-0.3, -0.25) is 19.5 Å². The molecular weight excluding hydrogens is 376 g/mol. The Morgan fingerprint density at radius 3 is 2.63 bits per heavy atom. The second-order valence-electron chi connectivity index (χ2n) is 6.10.